The van der Waals surface area contributed by atoms with Gasteiger partial charge in [0.05, 0.1) is 27.8 Å². The molecule has 0 fully saturated rings. The second-order valence-electron chi connectivity index (χ2n) is 19.3. The van der Waals surface area contributed by atoms with Gasteiger partial charge in [0.2, 0.25) is 0 Å². The average molecular weight is 894 g/mol. The molecular formula is C67H47N3. The number of nitrogens with zero attached hydrogens (tertiary/aromatic N) is 3. The Bertz CT molecular complexity index is 4200. The van der Waals surface area contributed by atoms with Gasteiger partial charge in [-0.3, -0.25) is 0 Å². The maximum absolute atomic E-state index is 2.45. The number of anilines is 3. The van der Waals surface area contributed by atoms with Crippen molar-refractivity contribution >= 4 is 71.4 Å². The molecule has 13 aromatic rings. The Morgan fingerprint density at radius 2 is 0.786 bits per heavy atom. The van der Waals surface area contributed by atoms with Crippen LogP contribution in [0.25, 0.3) is 99.1 Å². The zero-order valence-electron chi connectivity index (χ0n) is 39.0. The number of para-hydroxylation sites is 5. The third kappa shape index (κ3) is 6.08. The summed E-state index contributed by atoms with van der Waals surface area (Å²) in [7, 11) is 0. The monoisotopic (exact) mass is 893 g/mol. The van der Waals surface area contributed by atoms with Crippen LogP contribution in [0.5, 0.6) is 0 Å². The van der Waals surface area contributed by atoms with E-state index < -0.39 is 0 Å². The van der Waals surface area contributed by atoms with Crippen molar-refractivity contribution in [2.24, 2.45) is 0 Å². The molecule has 0 atom stereocenters. The fraction of sp³-hybridized carbons (Fsp3) is 0.0448. The summed E-state index contributed by atoms with van der Waals surface area (Å²) in [5.41, 5.74) is 20.5. The van der Waals surface area contributed by atoms with Crippen molar-refractivity contribution in [3.8, 4) is 44.8 Å². The van der Waals surface area contributed by atoms with Gasteiger partial charge in [-0.1, -0.05) is 172 Å². The molecule has 0 unspecified atom stereocenters. The average Bonchev–Trinajstić information content (AvgIpc) is 4.01. The molecule has 14 rings (SSSR count). The fourth-order valence-electron chi connectivity index (χ4n) is 11.8. The van der Waals surface area contributed by atoms with Crippen LogP contribution in [0.15, 0.2) is 249 Å². The van der Waals surface area contributed by atoms with Crippen LogP contribution in [-0.2, 0) is 5.41 Å². The number of fused-ring (bicyclic) bond motifs is 10. The van der Waals surface area contributed by atoms with Gasteiger partial charge in [0.15, 0.2) is 0 Å². The van der Waals surface area contributed by atoms with Crippen molar-refractivity contribution in [1.82, 2.24) is 9.13 Å². The molecule has 0 saturated heterocycles. The Hall–Kier alpha value is -8.92. The quantitative estimate of drug-likeness (QED) is 0.155. The number of hydrogen-bond acceptors (Lipinski definition) is 1. The van der Waals surface area contributed by atoms with Crippen molar-refractivity contribution in [2.45, 2.75) is 19.3 Å². The summed E-state index contributed by atoms with van der Waals surface area (Å²) in [6.45, 7) is 4.79. The molecule has 330 valence electrons. The summed E-state index contributed by atoms with van der Waals surface area (Å²) < 4.78 is 4.79. The minimum atomic E-state index is -0.237. The van der Waals surface area contributed by atoms with Gasteiger partial charge in [-0.2, -0.15) is 0 Å². The molecule has 0 radical (unpaired) electrons. The lowest BCUT2D eigenvalue weighted by molar-refractivity contribution is 0.660. The second kappa shape index (κ2) is 15.6. The predicted octanol–water partition coefficient (Wildman–Crippen LogP) is 18.1. The molecule has 11 aromatic carbocycles. The lowest BCUT2D eigenvalue weighted by Crippen LogP contribution is -2.17. The van der Waals surface area contributed by atoms with E-state index in [-0.39, 0.29) is 5.41 Å². The van der Waals surface area contributed by atoms with E-state index in [9.17, 15) is 0 Å². The van der Waals surface area contributed by atoms with E-state index in [0.29, 0.717) is 0 Å². The van der Waals surface area contributed by atoms with Crippen LogP contribution in [0.4, 0.5) is 17.1 Å². The highest BCUT2D eigenvalue weighted by molar-refractivity contribution is 6.13. The molecule has 0 amide bonds. The Morgan fingerprint density at radius 3 is 1.49 bits per heavy atom. The van der Waals surface area contributed by atoms with E-state index in [2.05, 4.69) is 277 Å². The molecule has 0 N–H and O–H groups in total. The first-order chi connectivity index (χ1) is 34.5. The van der Waals surface area contributed by atoms with Crippen LogP contribution in [0.1, 0.15) is 25.0 Å². The topological polar surface area (TPSA) is 13.1 Å². The van der Waals surface area contributed by atoms with E-state index in [1.54, 1.807) is 0 Å². The van der Waals surface area contributed by atoms with E-state index >= 15 is 0 Å². The van der Waals surface area contributed by atoms with Crippen molar-refractivity contribution in [1.29, 1.82) is 0 Å². The Morgan fingerprint density at radius 1 is 0.300 bits per heavy atom. The first-order valence-corrected chi connectivity index (χ1v) is 24.3. The van der Waals surface area contributed by atoms with Crippen molar-refractivity contribution in [3.63, 3.8) is 0 Å². The molecule has 70 heavy (non-hydrogen) atoms. The lowest BCUT2D eigenvalue weighted by Gasteiger charge is -2.29. The second-order valence-corrected chi connectivity index (χ2v) is 19.3. The summed E-state index contributed by atoms with van der Waals surface area (Å²) in [4.78, 5) is 2.45. The van der Waals surface area contributed by atoms with E-state index in [0.717, 1.165) is 22.7 Å². The summed E-state index contributed by atoms with van der Waals surface area (Å²) in [5, 5.41) is 7.45. The third-order valence-electron chi connectivity index (χ3n) is 15.1. The normalized spacial score (nSPS) is 12.8. The molecule has 0 saturated carbocycles. The van der Waals surface area contributed by atoms with E-state index in [1.807, 2.05) is 0 Å². The molecule has 1 aliphatic carbocycles. The van der Waals surface area contributed by atoms with Gasteiger partial charge in [0.25, 0.3) is 0 Å². The van der Waals surface area contributed by atoms with Crippen LogP contribution >= 0.6 is 0 Å². The van der Waals surface area contributed by atoms with Gasteiger partial charge in [0, 0.05) is 55.1 Å². The lowest BCUT2D eigenvalue weighted by atomic mass is 9.81. The maximum atomic E-state index is 2.45. The van der Waals surface area contributed by atoms with Crippen molar-refractivity contribution in [3.05, 3.63) is 260 Å². The standard InChI is InChI=1S/C67H47N3/c1-67(2)60-41-45(44-32-38-65-59(40-44)57-27-15-17-29-63(57)69(65)48-20-8-4-9-21-48)30-34-53(60)54-36-33-50(43-61(54)67)68(47-18-6-3-7-19-47)64-39-37-51(52-24-12-13-25-55(52)64)46-31-35-58-56-26-14-16-28-62(56)70(66(58)42-46)49-22-10-5-11-23-49/h3-43H,1-2H3. The zero-order valence-corrected chi connectivity index (χ0v) is 39.0. The number of rotatable bonds is 7. The van der Waals surface area contributed by atoms with Crippen molar-refractivity contribution < 1.29 is 0 Å². The van der Waals surface area contributed by atoms with Gasteiger partial charge in [-0.15, -0.1) is 0 Å². The minimum absolute atomic E-state index is 0.237. The van der Waals surface area contributed by atoms with Gasteiger partial charge < -0.3 is 14.0 Å². The summed E-state index contributed by atoms with van der Waals surface area (Å²) in [6.07, 6.45) is 0. The number of benzene rings is 11. The largest absolute Gasteiger partial charge is 0.310 e. The minimum Gasteiger partial charge on any atom is -0.310 e. The van der Waals surface area contributed by atoms with Crippen LogP contribution < -0.4 is 4.90 Å². The summed E-state index contributed by atoms with van der Waals surface area (Å²) in [5.74, 6) is 0. The number of hydrogen-bond donors (Lipinski definition) is 0. The highest BCUT2D eigenvalue weighted by atomic mass is 15.1. The fourth-order valence-corrected chi connectivity index (χ4v) is 11.8. The molecular weight excluding hydrogens is 847 g/mol. The molecule has 3 heteroatoms. The number of aromatic nitrogens is 2. The molecule has 2 aromatic heterocycles. The summed E-state index contributed by atoms with van der Waals surface area (Å²) in [6, 6.07) is 91.6. The van der Waals surface area contributed by atoms with Crippen LogP contribution in [0, 0.1) is 0 Å². The molecule has 2 heterocycles. The summed E-state index contributed by atoms with van der Waals surface area (Å²) >= 11 is 0. The third-order valence-corrected chi connectivity index (χ3v) is 15.1. The van der Waals surface area contributed by atoms with Gasteiger partial charge in [0.1, 0.15) is 0 Å². The maximum Gasteiger partial charge on any atom is 0.0547 e. The van der Waals surface area contributed by atoms with E-state index in [4.69, 9.17) is 0 Å². The molecule has 1 aliphatic rings. The molecule has 0 aliphatic heterocycles. The Kier molecular flexibility index (Phi) is 8.93. The highest BCUT2D eigenvalue weighted by Crippen LogP contribution is 2.52. The van der Waals surface area contributed by atoms with Gasteiger partial charge in [-0.25, -0.2) is 0 Å². The predicted molar refractivity (Wildman–Crippen MR) is 296 cm³/mol. The SMILES string of the molecule is CC1(C)c2cc(-c3ccc4c(c3)c3ccccc3n4-c3ccccc3)ccc2-c2ccc(N(c3ccccc3)c3ccc(-c4ccc5c6ccccc6n(-c6ccccc6)c5c4)c4ccccc34)cc21. The molecule has 0 bridgehead atoms. The zero-order chi connectivity index (χ0) is 46.5. The first-order valence-electron chi connectivity index (χ1n) is 24.3. The Balaban J connectivity index is 0.869. The Labute approximate surface area is 407 Å². The van der Waals surface area contributed by atoms with Crippen LogP contribution in [-0.4, -0.2) is 9.13 Å². The molecule has 3 nitrogen and oxygen atoms in total. The van der Waals surface area contributed by atoms with Crippen LogP contribution in [0.3, 0.4) is 0 Å². The van der Waals surface area contributed by atoms with E-state index in [1.165, 1.54) is 105 Å². The van der Waals surface area contributed by atoms with Crippen LogP contribution in [0.2, 0.25) is 0 Å². The first kappa shape index (κ1) is 40.2. The van der Waals surface area contributed by atoms with Gasteiger partial charge >= 0.3 is 0 Å². The molecule has 0 spiro atoms. The van der Waals surface area contributed by atoms with Gasteiger partial charge in [-0.05, 0) is 141 Å². The smallest absolute Gasteiger partial charge is 0.0547 e. The van der Waals surface area contributed by atoms with Crippen molar-refractivity contribution in [2.75, 3.05) is 4.90 Å². The highest BCUT2D eigenvalue weighted by Gasteiger charge is 2.36.